The number of aromatic nitrogens is 1. The maximum absolute atomic E-state index is 13.2. The average Bonchev–Trinajstić information content (AvgIpc) is 3.46. The van der Waals surface area contributed by atoms with Crippen molar-refractivity contribution in [1.29, 1.82) is 0 Å². The van der Waals surface area contributed by atoms with Crippen LogP contribution in [0.1, 0.15) is 50.0 Å². The molecule has 190 valence electrons. The van der Waals surface area contributed by atoms with Gasteiger partial charge in [-0.2, -0.15) is 0 Å². The summed E-state index contributed by atoms with van der Waals surface area (Å²) in [6.45, 7) is 4.58. The predicted octanol–water partition coefficient (Wildman–Crippen LogP) is 1.90. The zero-order chi connectivity index (χ0) is 25.5. The Balaban J connectivity index is 1.76. The monoisotopic (exact) mass is 486 g/mol. The van der Waals surface area contributed by atoms with Gasteiger partial charge < -0.3 is 30.4 Å². The van der Waals surface area contributed by atoms with E-state index in [1.54, 1.807) is 19.2 Å². The van der Waals surface area contributed by atoms with Crippen LogP contribution in [0.3, 0.4) is 0 Å². The van der Waals surface area contributed by atoms with Gasteiger partial charge in [0.2, 0.25) is 11.8 Å². The third-order valence-corrected chi connectivity index (χ3v) is 6.23. The predicted molar refractivity (Wildman–Crippen MR) is 130 cm³/mol. The lowest BCUT2D eigenvalue weighted by molar-refractivity contribution is -0.146. The van der Waals surface area contributed by atoms with Crippen LogP contribution in [0, 0.1) is 11.8 Å². The van der Waals surface area contributed by atoms with Crippen molar-refractivity contribution in [2.75, 3.05) is 20.8 Å². The number of hydrogen-bond acceptors (Lipinski definition) is 6. The Morgan fingerprint density at radius 3 is 2.51 bits per heavy atom. The average molecular weight is 487 g/mol. The highest BCUT2D eigenvalue weighted by Crippen LogP contribution is 2.26. The summed E-state index contributed by atoms with van der Waals surface area (Å²) in [4.78, 5) is 53.7. The number of rotatable bonds is 11. The van der Waals surface area contributed by atoms with Crippen LogP contribution in [0.15, 0.2) is 24.3 Å². The molecule has 0 saturated carbocycles. The normalized spacial score (nSPS) is 17.1. The molecule has 3 amide bonds. The molecule has 0 spiro atoms. The van der Waals surface area contributed by atoms with Gasteiger partial charge in [-0.05, 0) is 49.8 Å². The van der Waals surface area contributed by atoms with Crippen LogP contribution >= 0.6 is 0 Å². The Hall–Kier alpha value is -3.56. The minimum Gasteiger partial charge on any atom is -0.496 e. The van der Waals surface area contributed by atoms with E-state index < -0.39 is 29.9 Å². The van der Waals surface area contributed by atoms with Gasteiger partial charge in [-0.3, -0.25) is 14.4 Å². The van der Waals surface area contributed by atoms with Crippen molar-refractivity contribution in [3.05, 3.63) is 30.0 Å². The van der Waals surface area contributed by atoms with E-state index >= 15 is 0 Å². The molecule has 2 heterocycles. The molecular formula is C25H34N4O6. The third-order valence-electron chi connectivity index (χ3n) is 6.23. The number of benzene rings is 1. The molecule has 3 atom stereocenters. The zero-order valence-corrected chi connectivity index (χ0v) is 20.6. The number of ether oxygens (including phenoxy) is 2. The van der Waals surface area contributed by atoms with E-state index in [-0.39, 0.29) is 18.2 Å². The molecule has 3 rings (SSSR count). The fraction of sp³-hybridized carbons (Fsp3) is 0.520. The first kappa shape index (κ1) is 26.1. The summed E-state index contributed by atoms with van der Waals surface area (Å²) in [5, 5.41) is 8.98. The van der Waals surface area contributed by atoms with Crippen molar-refractivity contribution in [2.45, 2.75) is 51.6 Å². The number of aromatic amines is 1. The Morgan fingerprint density at radius 1 is 1.11 bits per heavy atom. The molecule has 1 aliphatic rings. The molecule has 0 unspecified atom stereocenters. The topological polar surface area (TPSA) is 139 Å². The van der Waals surface area contributed by atoms with E-state index in [1.807, 2.05) is 26.0 Å². The first-order valence-corrected chi connectivity index (χ1v) is 11.9. The van der Waals surface area contributed by atoms with Crippen molar-refractivity contribution >= 4 is 34.6 Å². The SMILES string of the molecule is COC(=O)[C@H](C[C@@H]1CCNC1=O)NC(=O)[C@H](CCC(C)C)NC(=O)c1cc2c(OC)cccc2[nH]1. The van der Waals surface area contributed by atoms with Crippen LogP contribution in [0.5, 0.6) is 5.75 Å². The van der Waals surface area contributed by atoms with Gasteiger partial charge in [0, 0.05) is 23.4 Å². The number of methoxy groups -OCH3 is 2. The fourth-order valence-electron chi connectivity index (χ4n) is 4.22. The number of esters is 1. The van der Waals surface area contributed by atoms with Crippen molar-refractivity contribution < 1.29 is 28.7 Å². The highest BCUT2D eigenvalue weighted by Gasteiger charge is 2.33. The second kappa shape index (κ2) is 11.7. The zero-order valence-electron chi connectivity index (χ0n) is 20.6. The van der Waals surface area contributed by atoms with Crippen molar-refractivity contribution in [2.24, 2.45) is 11.8 Å². The highest BCUT2D eigenvalue weighted by molar-refractivity contribution is 6.01. The van der Waals surface area contributed by atoms with Crippen LogP contribution in [0.4, 0.5) is 0 Å². The first-order valence-electron chi connectivity index (χ1n) is 11.9. The molecule has 0 bridgehead atoms. The van der Waals surface area contributed by atoms with E-state index in [9.17, 15) is 19.2 Å². The smallest absolute Gasteiger partial charge is 0.328 e. The molecule has 1 fully saturated rings. The summed E-state index contributed by atoms with van der Waals surface area (Å²) < 4.78 is 10.2. The van der Waals surface area contributed by atoms with Crippen LogP contribution in [-0.2, 0) is 19.1 Å². The van der Waals surface area contributed by atoms with Gasteiger partial charge in [0.1, 0.15) is 23.5 Å². The quantitative estimate of drug-likeness (QED) is 0.358. The first-order chi connectivity index (χ1) is 16.7. The lowest BCUT2D eigenvalue weighted by atomic mass is 9.97. The van der Waals surface area contributed by atoms with Gasteiger partial charge in [0.05, 0.1) is 14.2 Å². The highest BCUT2D eigenvalue weighted by atomic mass is 16.5. The van der Waals surface area contributed by atoms with E-state index in [2.05, 4.69) is 20.9 Å². The Kier molecular flexibility index (Phi) is 8.73. The summed E-state index contributed by atoms with van der Waals surface area (Å²) in [5.41, 5.74) is 1.03. The van der Waals surface area contributed by atoms with Crippen LogP contribution in [-0.4, -0.2) is 61.5 Å². The Bertz CT molecular complexity index is 1080. The van der Waals surface area contributed by atoms with Crippen molar-refractivity contribution in [3.63, 3.8) is 0 Å². The number of amides is 3. The lowest BCUT2D eigenvalue weighted by Crippen LogP contribution is -2.52. The minimum atomic E-state index is -0.989. The van der Waals surface area contributed by atoms with E-state index in [1.165, 1.54) is 7.11 Å². The molecular weight excluding hydrogens is 452 g/mol. The maximum Gasteiger partial charge on any atom is 0.328 e. The second-order valence-electron chi connectivity index (χ2n) is 9.20. The van der Waals surface area contributed by atoms with E-state index in [4.69, 9.17) is 9.47 Å². The maximum atomic E-state index is 13.2. The van der Waals surface area contributed by atoms with Gasteiger partial charge in [-0.15, -0.1) is 0 Å². The van der Waals surface area contributed by atoms with Gasteiger partial charge in [-0.1, -0.05) is 19.9 Å². The van der Waals surface area contributed by atoms with E-state index in [0.717, 1.165) is 10.9 Å². The van der Waals surface area contributed by atoms with Crippen LogP contribution in [0.2, 0.25) is 0 Å². The molecule has 10 nitrogen and oxygen atoms in total. The number of carbonyl (C=O) groups is 4. The molecule has 4 N–H and O–H groups in total. The second-order valence-corrected chi connectivity index (χ2v) is 9.20. The molecule has 0 aliphatic carbocycles. The van der Waals surface area contributed by atoms with Gasteiger partial charge in [-0.25, -0.2) is 4.79 Å². The number of hydrogen-bond donors (Lipinski definition) is 4. The number of nitrogens with one attached hydrogen (secondary N) is 4. The molecule has 2 aromatic rings. The third kappa shape index (κ3) is 6.52. The molecule has 1 aromatic heterocycles. The fourth-order valence-corrected chi connectivity index (χ4v) is 4.22. The molecule has 10 heteroatoms. The Morgan fingerprint density at radius 2 is 1.89 bits per heavy atom. The number of carbonyl (C=O) groups excluding carboxylic acids is 4. The van der Waals surface area contributed by atoms with Gasteiger partial charge in [0.25, 0.3) is 5.91 Å². The number of fused-ring (bicyclic) bond motifs is 1. The van der Waals surface area contributed by atoms with Crippen LogP contribution in [0.25, 0.3) is 10.9 Å². The Labute approximate surface area is 204 Å². The molecule has 0 radical (unpaired) electrons. The molecule has 1 saturated heterocycles. The standard InChI is InChI=1S/C25H34N4O6/c1-14(2)8-9-18(23(31)29-20(25(33)35-4)12-15-10-11-26-22(15)30)28-24(32)19-13-16-17(27-19)6-5-7-21(16)34-3/h5-7,13-15,18,20,27H,8-12H2,1-4H3,(H,26,30)(H,28,32)(H,29,31)/t15-,18-,20-/m0/s1. The summed E-state index contributed by atoms with van der Waals surface area (Å²) in [7, 11) is 2.79. The number of H-pyrrole nitrogens is 1. The van der Waals surface area contributed by atoms with Crippen molar-refractivity contribution in [1.82, 2.24) is 20.9 Å². The summed E-state index contributed by atoms with van der Waals surface area (Å²) in [6.07, 6.45) is 1.79. The van der Waals surface area contributed by atoms with E-state index in [0.29, 0.717) is 43.2 Å². The largest absolute Gasteiger partial charge is 0.496 e. The summed E-state index contributed by atoms with van der Waals surface area (Å²) in [6, 6.07) is 5.26. The summed E-state index contributed by atoms with van der Waals surface area (Å²) >= 11 is 0. The minimum absolute atomic E-state index is 0.136. The van der Waals surface area contributed by atoms with Gasteiger partial charge in [0.15, 0.2) is 0 Å². The van der Waals surface area contributed by atoms with Crippen molar-refractivity contribution in [3.8, 4) is 5.75 Å². The molecule has 1 aromatic carbocycles. The van der Waals surface area contributed by atoms with Gasteiger partial charge >= 0.3 is 5.97 Å². The summed E-state index contributed by atoms with van der Waals surface area (Å²) in [5.74, 6) is -1.17. The molecule has 35 heavy (non-hydrogen) atoms. The lowest BCUT2D eigenvalue weighted by Gasteiger charge is -2.23. The molecule has 1 aliphatic heterocycles. The van der Waals surface area contributed by atoms with Crippen LogP contribution < -0.4 is 20.7 Å².